The summed E-state index contributed by atoms with van der Waals surface area (Å²) in [6.45, 7) is 7.63. The zero-order valence-corrected chi connectivity index (χ0v) is 16.4. The zero-order valence-electron chi connectivity index (χ0n) is 16.4. The van der Waals surface area contributed by atoms with Crippen molar-refractivity contribution < 1.29 is 4.79 Å². The van der Waals surface area contributed by atoms with Crippen LogP contribution in [0.2, 0.25) is 0 Å². The fraction of sp³-hybridized carbons (Fsp3) is 0.450. The summed E-state index contributed by atoms with van der Waals surface area (Å²) in [6.07, 6.45) is 1.73. The first-order chi connectivity index (χ1) is 12.4. The highest BCUT2D eigenvalue weighted by Gasteiger charge is 2.14. The second-order valence-corrected chi connectivity index (χ2v) is 6.56. The van der Waals surface area contributed by atoms with Crippen molar-refractivity contribution in [3.63, 3.8) is 0 Å². The summed E-state index contributed by atoms with van der Waals surface area (Å²) in [6, 6.07) is 7.85. The molecule has 0 unspecified atom stereocenters. The predicted molar refractivity (Wildman–Crippen MR) is 107 cm³/mol. The molecule has 0 saturated heterocycles. The normalized spacial score (nSPS) is 10.8. The number of carbonyl (C=O) groups excluding carboxylic acids is 1. The van der Waals surface area contributed by atoms with Crippen LogP contribution in [0.25, 0.3) is 0 Å². The fourth-order valence-electron chi connectivity index (χ4n) is 2.74. The van der Waals surface area contributed by atoms with Gasteiger partial charge in [0, 0.05) is 24.5 Å². The summed E-state index contributed by atoms with van der Waals surface area (Å²) < 4.78 is 0. The average molecular weight is 355 g/mol. The highest BCUT2D eigenvalue weighted by Crippen LogP contribution is 2.23. The van der Waals surface area contributed by atoms with Crippen LogP contribution in [0.15, 0.2) is 24.3 Å². The molecule has 0 atom stereocenters. The zero-order chi connectivity index (χ0) is 19.1. The lowest BCUT2D eigenvalue weighted by atomic mass is 10.0. The van der Waals surface area contributed by atoms with Crippen LogP contribution in [0.4, 0.5) is 11.6 Å². The van der Waals surface area contributed by atoms with Gasteiger partial charge in [0.15, 0.2) is 0 Å². The first kappa shape index (κ1) is 19.8. The van der Waals surface area contributed by atoms with Gasteiger partial charge in [0.25, 0.3) is 5.91 Å². The molecule has 0 saturated carbocycles. The molecule has 0 aliphatic rings. The van der Waals surface area contributed by atoms with Gasteiger partial charge in [-0.2, -0.15) is 0 Å². The topological polar surface area (TPSA) is 70.2 Å². The maximum absolute atomic E-state index is 12.8. The minimum absolute atomic E-state index is 0.207. The minimum atomic E-state index is -0.207. The van der Waals surface area contributed by atoms with Gasteiger partial charge in [0.2, 0.25) is 5.95 Å². The fourth-order valence-corrected chi connectivity index (χ4v) is 2.74. The van der Waals surface area contributed by atoms with Gasteiger partial charge in [-0.15, -0.1) is 0 Å². The highest BCUT2D eigenvalue weighted by molar-refractivity contribution is 6.04. The van der Waals surface area contributed by atoms with Crippen molar-refractivity contribution in [3.05, 3.63) is 46.8 Å². The molecule has 0 bridgehead atoms. The van der Waals surface area contributed by atoms with Crippen LogP contribution in [0.3, 0.4) is 0 Å². The Morgan fingerprint density at radius 3 is 2.35 bits per heavy atom. The van der Waals surface area contributed by atoms with E-state index in [4.69, 9.17) is 0 Å². The molecule has 0 fully saturated rings. The van der Waals surface area contributed by atoms with E-state index in [1.165, 1.54) is 0 Å². The molecule has 2 aromatic rings. The number of hydrogen-bond acceptors (Lipinski definition) is 5. The number of amides is 1. The molecule has 0 radical (unpaired) electrons. The molecule has 2 rings (SSSR count). The second-order valence-electron chi connectivity index (χ2n) is 6.56. The number of likely N-dealkylation sites (N-methyl/N-ethyl adjacent to an activating group) is 1. The lowest BCUT2D eigenvalue weighted by Gasteiger charge is -2.15. The van der Waals surface area contributed by atoms with E-state index in [1.54, 1.807) is 6.07 Å². The Bertz CT molecular complexity index is 736. The van der Waals surface area contributed by atoms with Gasteiger partial charge in [0.05, 0.1) is 0 Å². The van der Waals surface area contributed by atoms with E-state index in [9.17, 15) is 4.79 Å². The van der Waals surface area contributed by atoms with Crippen molar-refractivity contribution in [2.24, 2.45) is 0 Å². The first-order valence-corrected chi connectivity index (χ1v) is 9.11. The molecule has 6 nitrogen and oxygen atoms in total. The van der Waals surface area contributed by atoms with Crippen LogP contribution in [-0.4, -0.2) is 48.0 Å². The van der Waals surface area contributed by atoms with Crippen molar-refractivity contribution in [1.29, 1.82) is 0 Å². The molecule has 1 aromatic carbocycles. The van der Waals surface area contributed by atoms with E-state index in [2.05, 4.69) is 39.3 Å². The predicted octanol–water partition coefficient (Wildman–Crippen LogP) is 3.14. The quantitative estimate of drug-likeness (QED) is 0.761. The summed E-state index contributed by atoms with van der Waals surface area (Å²) >= 11 is 0. The number of rotatable bonds is 8. The maximum Gasteiger partial charge on any atom is 0.274 e. The minimum Gasteiger partial charge on any atom is -0.353 e. The van der Waals surface area contributed by atoms with Crippen molar-refractivity contribution in [3.8, 4) is 0 Å². The van der Waals surface area contributed by atoms with Gasteiger partial charge in [-0.25, -0.2) is 9.97 Å². The van der Waals surface area contributed by atoms with Gasteiger partial charge in [-0.1, -0.05) is 32.0 Å². The third kappa shape index (κ3) is 5.26. The van der Waals surface area contributed by atoms with Gasteiger partial charge >= 0.3 is 0 Å². The average Bonchev–Trinajstić information content (AvgIpc) is 2.61. The van der Waals surface area contributed by atoms with Crippen molar-refractivity contribution in [2.45, 2.75) is 33.6 Å². The molecular formula is C20H29N5O. The Morgan fingerprint density at radius 1 is 1.12 bits per heavy atom. The third-order valence-electron chi connectivity index (χ3n) is 4.17. The molecular weight excluding hydrogens is 326 g/mol. The number of benzene rings is 1. The van der Waals surface area contributed by atoms with Crippen LogP contribution in [0, 0.1) is 6.92 Å². The number of hydrogen-bond donors (Lipinski definition) is 2. The van der Waals surface area contributed by atoms with E-state index < -0.39 is 0 Å². The Morgan fingerprint density at radius 2 is 1.77 bits per heavy atom. The van der Waals surface area contributed by atoms with Crippen molar-refractivity contribution in [1.82, 2.24) is 14.9 Å². The SMILES string of the molecule is CCc1cccc(CC)c1NC(=O)c1cc(C)nc(NCCN(C)C)n1. The molecule has 26 heavy (non-hydrogen) atoms. The Labute approximate surface area is 156 Å². The highest BCUT2D eigenvalue weighted by atomic mass is 16.1. The standard InChI is InChI=1S/C20H29N5O/c1-6-15-9-8-10-16(7-2)18(15)24-19(26)17-13-14(3)22-20(23-17)21-11-12-25(4)5/h8-10,13H,6-7,11-12H2,1-5H3,(H,24,26)(H,21,22,23). The summed E-state index contributed by atoms with van der Waals surface area (Å²) in [4.78, 5) is 23.6. The van der Waals surface area contributed by atoms with E-state index in [1.807, 2.05) is 39.2 Å². The Hall–Kier alpha value is -2.47. The van der Waals surface area contributed by atoms with Crippen molar-refractivity contribution in [2.75, 3.05) is 37.8 Å². The number of nitrogens with one attached hydrogen (secondary N) is 2. The molecule has 2 N–H and O–H groups in total. The number of carbonyl (C=O) groups is 1. The van der Waals surface area contributed by atoms with Gasteiger partial charge in [-0.3, -0.25) is 4.79 Å². The largest absolute Gasteiger partial charge is 0.353 e. The molecule has 1 aromatic heterocycles. The van der Waals surface area contributed by atoms with E-state index in [0.29, 0.717) is 11.6 Å². The number of para-hydroxylation sites is 1. The van der Waals surface area contributed by atoms with Crippen molar-refractivity contribution >= 4 is 17.5 Å². The van der Waals surface area contributed by atoms with Gasteiger partial charge in [-0.05, 0) is 51.1 Å². The lowest BCUT2D eigenvalue weighted by Crippen LogP contribution is -2.22. The summed E-state index contributed by atoms with van der Waals surface area (Å²) in [5, 5.41) is 6.24. The third-order valence-corrected chi connectivity index (χ3v) is 4.17. The number of aromatic nitrogens is 2. The second kappa shape index (κ2) is 9.29. The lowest BCUT2D eigenvalue weighted by molar-refractivity contribution is 0.102. The van der Waals surface area contributed by atoms with E-state index in [0.717, 1.165) is 48.4 Å². The molecule has 1 amide bonds. The first-order valence-electron chi connectivity index (χ1n) is 9.11. The molecule has 0 spiro atoms. The summed E-state index contributed by atoms with van der Waals surface area (Å²) in [5.74, 6) is 0.276. The Kier molecular flexibility index (Phi) is 7.09. The molecule has 6 heteroatoms. The number of nitrogens with zero attached hydrogens (tertiary/aromatic N) is 3. The van der Waals surface area contributed by atoms with E-state index >= 15 is 0 Å². The molecule has 0 aliphatic carbocycles. The van der Waals surface area contributed by atoms with Crippen LogP contribution >= 0.6 is 0 Å². The maximum atomic E-state index is 12.8. The van der Waals surface area contributed by atoms with Gasteiger partial charge < -0.3 is 15.5 Å². The molecule has 0 aliphatic heterocycles. The number of anilines is 2. The number of aryl methyl sites for hydroxylation is 3. The Balaban J connectivity index is 2.21. The van der Waals surface area contributed by atoms with Crippen LogP contribution < -0.4 is 10.6 Å². The summed E-state index contributed by atoms with van der Waals surface area (Å²) in [7, 11) is 4.02. The van der Waals surface area contributed by atoms with Crippen LogP contribution in [-0.2, 0) is 12.8 Å². The van der Waals surface area contributed by atoms with E-state index in [-0.39, 0.29) is 5.91 Å². The summed E-state index contributed by atoms with van der Waals surface area (Å²) in [5.41, 5.74) is 4.30. The molecule has 140 valence electrons. The van der Waals surface area contributed by atoms with Gasteiger partial charge in [0.1, 0.15) is 5.69 Å². The smallest absolute Gasteiger partial charge is 0.274 e. The van der Waals surface area contributed by atoms with Crippen LogP contribution in [0.1, 0.15) is 41.2 Å². The molecule has 1 heterocycles. The van der Waals surface area contributed by atoms with Crippen LogP contribution in [0.5, 0.6) is 0 Å². The monoisotopic (exact) mass is 355 g/mol.